The van der Waals surface area contributed by atoms with Crippen LogP contribution in [0.3, 0.4) is 0 Å². The summed E-state index contributed by atoms with van der Waals surface area (Å²) in [7, 11) is 0. The molecule has 0 aromatic carbocycles. The Balaban J connectivity index is 1.69. The molecule has 1 unspecified atom stereocenters. The summed E-state index contributed by atoms with van der Waals surface area (Å²) in [4.78, 5) is 6.62. The van der Waals surface area contributed by atoms with Crippen molar-refractivity contribution in [2.45, 2.75) is 18.9 Å². The second-order valence-electron chi connectivity index (χ2n) is 4.68. The van der Waals surface area contributed by atoms with E-state index >= 15 is 0 Å². The predicted molar refractivity (Wildman–Crippen MR) is 72.3 cm³/mol. The summed E-state index contributed by atoms with van der Waals surface area (Å²) < 4.78 is 11.2. The number of nitrogens with zero attached hydrogens (tertiary/aromatic N) is 3. The Morgan fingerprint density at radius 3 is 2.84 bits per heavy atom. The Morgan fingerprint density at radius 2 is 2.16 bits per heavy atom. The summed E-state index contributed by atoms with van der Waals surface area (Å²) in [5.74, 6) is 1.42. The maximum absolute atomic E-state index is 6.10. The molecule has 1 aliphatic heterocycles. The highest BCUT2D eigenvalue weighted by Gasteiger charge is 2.21. The van der Waals surface area contributed by atoms with Crippen molar-refractivity contribution in [1.29, 1.82) is 0 Å². The van der Waals surface area contributed by atoms with Gasteiger partial charge in [0.05, 0.1) is 6.04 Å². The molecule has 0 bridgehead atoms. The minimum Gasteiger partial charge on any atom is -0.444 e. The fourth-order valence-electron chi connectivity index (χ4n) is 2.24. The number of nitrogens with two attached hydrogens (primary N) is 1. The zero-order chi connectivity index (χ0) is 13.2. The third-order valence-electron chi connectivity index (χ3n) is 3.21. The van der Waals surface area contributed by atoms with Gasteiger partial charge in [-0.3, -0.25) is 0 Å². The second-order valence-corrected chi connectivity index (χ2v) is 5.46. The van der Waals surface area contributed by atoms with E-state index < -0.39 is 0 Å². The van der Waals surface area contributed by atoms with E-state index in [-0.39, 0.29) is 6.04 Å². The highest BCUT2D eigenvalue weighted by Crippen LogP contribution is 2.24. The normalized spacial score (nSPS) is 18.0. The topological polar surface area (TPSA) is 81.3 Å². The third kappa shape index (κ3) is 2.88. The smallest absolute Gasteiger partial charge is 0.293 e. The molecule has 2 aromatic rings. The van der Waals surface area contributed by atoms with Crippen molar-refractivity contribution < 1.29 is 8.94 Å². The van der Waals surface area contributed by atoms with E-state index in [9.17, 15) is 0 Å². The van der Waals surface area contributed by atoms with Gasteiger partial charge in [-0.1, -0.05) is 5.16 Å². The van der Waals surface area contributed by atoms with E-state index in [1.165, 1.54) is 12.8 Å². The lowest BCUT2D eigenvalue weighted by Gasteiger charge is -2.17. The summed E-state index contributed by atoms with van der Waals surface area (Å²) >= 11 is 3.24. The Hall–Kier alpha value is -1.18. The molecular weight excluding hydrogens is 312 g/mol. The van der Waals surface area contributed by atoms with Crippen molar-refractivity contribution in [2.75, 3.05) is 19.6 Å². The average Bonchev–Trinajstić information content (AvgIpc) is 3.07. The fraction of sp³-hybridized carbons (Fsp3) is 0.500. The quantitative estimate of drug-likeness (QED) is 0.927. The molecule has 2 aromatic heterocycles. The molecule has 1 aliphatic rings. The third-order valence-corrected chi connectivity index (χ3v) is 3.64. The average molecular weight is 327 g/mol. The summed E-state index contributed by atoms with van der Waals surface area (Å²) in [6.45, 7) is 2.97. The standard InChI is InChI=1S/C12H15BrN4O2/c13-10-4-3-9(18-10)12-15-11(16-19-12)8(14)7-17-5-1-2-6-17/h3-4,8H,1-2,5-7,14H2. The summed E-state index contributed by atoms with van der Waals surface area (Å²) in [6.07, 6.45) is 2.48. The van der Waals surface area contributed by atoms with Gasteiger partial charge < -0.3 is 19.6 Å². The zero-order valence-corrected chi connectivity index (χ0v) is 12.0. The molecule has 2 N–H and O–H groups in total. The minimum absolute atomic E-state index is 0.228. The van der Waals surface area contributed by atoms with Gasteiger partial charge in [0.15, 0.2) is 16.3 Å². The number of rotatable bonds is 4. The lowest BCUT2D eigenvalue weighted by Crippen LogP contribution is -2.30. The lowest BCUT2D eigenvalue weighted by atomic mass is 10.3. The Morgan fingerprint density at radius 1 is 1.37 bits per heavy atom. The van der Waals surface area contributed by atoms with Crippen LogP contribution in [0.1, 0.15) is 24.7 Å². The van der Waals surface area contributed by atoms with Crippen LogP contribution >= 0.6 is 15.9 Å². The van der Waals surface area contributed by atoms with Gasteiger partial charge in [-0.2, -0.15) is 4.98 Å². The van der Waals surface area contributed by atoms with E-state index in [4.69, 9.17) is 14.7 Å². The minimum atomic E-state index is -0.228. The van der Waals surface area contributed by atoms with Gasteiger partial charge in [0.1, 0.15) is 0 Å². The molecular formula is C12H15BrN4O2. The number of hydrogen-bond donors (Lipinski definition) is 1. The van der Waals surface area contributed by atoms with Crippen molar-refractivity contribution in [2.24, 2.45) is 5.73 Å². The van der Waals surface area contributed by atoms with Crippen LogP contribution in [-0.4, -0.2) is 34.7 Å². The monoisotopic (exact) mass is 326 g/mol. The molecule has 3 heterocycles. The first-order valence-electron chi connectivity index (χ1n) is 6.29. The van der Waals surface area contributed by atoms with Crippen molar-refractivity contribution in [1.82, 2.24) is 15.0 Å². The van der Waals surface area contributed by atoms with Crippen LogP contribution in [0.4, 0.5) is 0 Å². The molecule has 7 heteroatoms. The van der Waals surface area contributed by atoms with Gasteiger partial charge in [0.2, 0.25) is 0 Å². The lowest BCUT2D eigenvalue weighted by molar-refractivity contribution is 0.306. The van der Waals surface area contributed by atoms with Crippen LogP contribution in [-0.2, 0) is 0 Å². The Bertz CT molecular complexity index is 547. The van der Waals surface area contributed by atoms with Crippen LogP contribution < -0.4 is 5.73 Å². The molecule has 1 saturated heterocycles. The molecule has 19 heavy (non-hydrogen) atoms. The number of likely N-dealkylation sites (tertiary alicyclic amines) is 1. The SMILES string of the molecule is NC(CN1CCCC1)c1noc(-c2ccc(Br)o2)n1. The first kappa shape index (κ1) is 12.8. The maximum Gasteiger partial charge on any atom is 0.293 e. The van der Waals surface area contributed by atoms with Crippen molar-refractivity contribution >= 4 is 15.9 Å². The van der Waals surface area contributed by atoms with E-state index in [0.717, 1.165) is 19.6 Å². The van der Waals surface area contributed by atoms with E-state index in [1.807, 2.05) is 0 Å². The van der Waals surface area contributed by atoms with E-state index in [1.54, 1.807) is 12.1 Å². The Labute approximate surface area is 119 Å². The van der Waals surface area contributed by atoms with Crippen molar-refractivity contribution in [3.63, 3.8) is 0 Å². The van der Waals surface area contributed by atoms with Gasteiger partial charge in [-0.15, -0.1) is 0 Å². The van der Waals surface area contributed by atoms with Gasteiger partial charge in [0.25, 0.3) is 5.89 Å². The van der Waals surface area contributed by atoms with Gasteiger partial charge in [-0.05, 0) is 54.0 Å². The summed E-state index contributed by atoms with van der Waals surface area (Å²) in [5, 5.41) is 3.93. The largest absolute Gasteiger partial charge is 0.444 e. The molecule has 0 spiro atoms. The predicted octanol–water partition coefficient (Wildman–Crippen LogP) is 2.19. The molecule has 1 fully saturated rings. The first-order chi connectivity index (χ1) is 9.22. The van der Waals surface area contributed by atoms with Crippen LogP contribution in [0.25, 0.3) is 11.7 Å². The Kier molecular flexibility index (Phi) is 3.67. The van der Waals surface area contributed by atoms with Crippen LogP contribution in [0.5, 0.6) is 0 Å². The molecule has 3 rings (SSSR count). The molecule has 0 aliphatic carbocycles. The van der Waals surface area contributed by atoms with Crippen LogP contribution in [0.15, 0.2) is 25.7 Å². The molecule has 102 valence electrons. The number of halogens is 1. The van der Waals surface area contributed by atoms with Crippen LogP contribution in [0.2, 0.25) is 0 Å². The van der Waals surface area contributed by atoms with Crippen molar-refractivity contribution in [3.05, 3.63) is 22.6 Å². The molecule has 1 atom stereocenters. The molecule has 0 saturated carbocycles. The van der Waals surface area contributed by atoms with E-state index in [0.29, 0.717) is 22.1 Å². The molecule has 6 nitrogen and oxygen atoms in total. The number of hydrogen-bond acceptors (Lipinski definition) is 6. The highest BCUT2D eigenvalue weighted by atomic mass is 79.9. The van der Waals surface area contributed by atoms with E-state index in [2.05, 4.69) is 31.0 Å². The highest BCUT2D eigenvalue weighted by molar-refractivity contribution is 9.10. The van der Waals surface area contributed by atoms with Crippen molar-refractivity contribution in [3.8, 4) is 11.7 Å². The van der Waals surface area contributed by atoms with Crippen LogP contribution in [0, 0.1) is 0 Å². The second kappa shape index (κ2) is 5.44. The number of furan rings is 1. The summed E-state index contributed by atoms with van der Waals surface area (Å²) in [5.41, 5.74) is 6.10. The van der Waals surface area contributed by atoms with Gasteiger partial charge in [-0.25, -0.2) is 0 Å². The zero-order valence-electron chi connectivity index (χ0n) is 10.4. The summed E-state index contributed by atoms with van der Waals surface area (Å²) in [6, 6.07) is 3.32. The van der Waals surface area contributed by atoms with Gasteiger partial charge in [0, 0.05) is 6.54 Å². The van der Waals surface area contributed by atoms with Gasteiger partial charge >= 0.3 is 0 Å². The molecule has 0 amide bonds. The molecule has 0 radical (unpaired) electrons. The maximum atomic E-state index is 6.10. The first-order valence-corrected chi connectivity index (χ1v) is 7.09. The fourth-order valence-corrected chi connectivity index (χ4v) is 2.55. The number of aromatic nitrogens is 2.